The van der Waals surface area contributed by atoms with Crippen molar-refractivity contribution in [3.63, 3.8) is 0 Å². The molecule has 7 nitrogen and oxygen atoms in total. The maximum Gasteiger partial charge on any atom is 0.253 e. The lowest BCUT2D eigenvalue weighted by Crippen LogP contribution is -2.65. The third-order valence-corrected chi connectivity index (χ3v) is 7.34. The number of hydrazine groups is 1. The molecule has 0 spiro atoms. The van der Waals surface area contributed by atoms with Crippen LogP contribution in [-0.4, -0.2) is 84.6 Å². The number of alkyl halides is 1. The number of piperidine rings is 2. The van der Waals surface area contributed by atoms with E-state index in [1.54, 1.807) is 0 Å². The van der Waals surface area contributed by atoms with Gasteiger partial charge in [0.25, 0.3) is 5.91 Å². The van der Waals surface area contributed by atoms with E-state index in [2.05, 4.69) is 38.2 Å². The van der Waals surface area contributed by atoms with Crippen molar-refractivity contribution in [2.75, 3.05) is 39.4 Å². The van der Waals surface area contributed by atoms with E-state index in [-0.39, 0.29) is 11.9 Å². The van der Waals surface area contributed by atoms with Crippen LogP contribution in [0.3, 0.4) is 0 Å². The summed E-state index contributed by atoms with van der Waals surface area (Å²) in [6.45, 7) is 8.38. The molecule has 1 amide bonds. The Balaban J connectivity index is 1.34. The zero-order valence-electron chi connectivity index (χ0n) is 15.7. The average Bonchev–Trinajstić information content (AvgIpc) is 3.06. The Bertz CT molecular complexity index is 508. The van der Waals surface area contributed by atoms with E-state index in [4.69, 9.17) is 11.6 Å². The van der Waals surface area contributed by atoms with Gasteiger partial charge in [0.15, 0.2) is 0 Å². The molecule has 0 aromatic carbocycles. The van der Waals surface area contributed by atoms with Gasteiger partial charge in [-0.2, -0.15) is 0 Å². The van der Waals surface area contributed by atoms with Crippen molar-refractivity contribution in [2.45, 2.75) is 62.2 Å². The SMILES string of the molecule is CCC1NCCCC1CN1CNC2CN(C3CNNC(=O)C3Cl)CCC21. The van der Waals surface area contributed by atoms with Crippen molar-refractivity contribution in [3.8, 4) is 0 Å². The van der Waals surface area contributed by atoms with Gasteiger partial charge in [0, 0.05) is 57.0 Å². The van der Waals surface area contributed by atoms with Crippen LogP contribution in [0.4, 0.5) is 0 Å². The van der Waals surface area contributed by atoms with E-state index < -0.39 is 5.38 Å². The summed E-state index contributed by atoms with van der Waals surface area (Å²) in [5, 5.41) is 6.97. The zero-order chi connectivity index (χ0) is 18.1. The number of nitrogens with one attached hydrogen (secondary N) is 4. The lowest BCUT2D eigenvalue weighted by atomic mass is 9.88. The highest BCUT2D eigenvalue weighted by Gasteiger charge is 2.43. The maximum absolute atomic E-state index is 11.8. The molecule has 0 aromatic heterocycles. The number of carbonyl (C=O) groups excluding carboxylic acids is 1. The molecule has 0 saturated carbocycles. The molecule has 6 atom stereocenters. The van der Waals surface area contributed by atoms with E-state index >= 15 is 0 Å². The molecule has 4 aliphatic rings. The zero-order valence-corrected chi connectivity index (χ0v) is 16.5. The molecule has 0 aliphatic carbocycles. The number of nitrogens with zero attached hydrogens (tertiary/aromatic N) is 2. The van der Waals surface area contributed by atoms with Gasteiger partial charge in [-0.05, 0) is 38.1 Å². The number of likely N-dealkylation sites (tertiary alicyclic amines) is 1. The molecule has 0 radical (unpaired) electrons. The first-order chi connectivity index (χ1) is 12.7. The van der Waals surface area contributed by atoms with E-state index in [9.17, 15) is 4.79 Å². The highest BCUT2D eigenvalue weighted by atomic mass is 35.5. The molecule has 0 aromatic rings. The maximum atomic E-state index is 11.8. The molecule has 4 fully saturated rings. The Morgan fingerprint density at radius 2 is 2.12 bits per heavy atom. The minimum atomic E-state index is -0.469. The second kappa shape index (κ2) is 8.29. The van der Waals surface area contributed by atoms with Gasteiger partial charge in [-0.3, -0.25) is 25.3 Å². The average molecular weight is 385 g/mol. The van der Waals surface area contributed by atoms with Crippen LogP contribution in [0.1, 0.15) is 32.6 Å². The van der Waals surface area contributed by atoms with Crippen molar-refractivity contribution in [2.24, 2.45) is 5.92 Å². The van der Waals surface area contributed by atoms with Crippen LogP contribution in [0.5, 0.6) is 0 Å². The Hall–Kier alpha value is -0.440. The summed E-state index contributed by atoms with van der Waals surface area (Å²) in [5.41, 5.74) is 5.61. The van der Waals surface area contributed by atoms with Crippen LogP contribution < -0.4 is 21.5 Å². The van der Waals surface area contributed by atoms with Crippen molar-refractivity contribution in [1.82, 2.24) is 31.3 Å². The number of hydrogen-bond acceptors (Lipinski definition) is 6. The fourth-order valence-electron chi connectivity index (χ4n) is 5.38. The molecule has 4 heterocycles. The molecule has 26 heavy (non-hydrogen) atoms. The predicted octanol–water partition coefficient (Wildman–Crippen LogP) is -0.319. The first-order valence-electron chi connectivity index (χ1n) is 10.3. The van der Waals surface area contributed by atoms with Crippen LogP contribution in [-0.2, 0) is 4.79 Å². The highest BCUT2D eigenvalue weighted by Crippen LogP contribution is 2.28. The van der Waals surface area contributed by atoms with E-state index in [0.29, 0.717) is 24.7 Å². The van der Waals surface area contributed by atoms with Crippen molar-refractivity contribution in [1.29, 1.82) is 0 Å². The van der Waals surface area contributed by atoms with Gasteiger partial charge in [0.2, 0.25) is 0 Å². The molecule has 0 bridgehead atoms. The number of halogens is 1. The van der Waals surface area contributed by atoms with Gasteiger partial charge in [0.05, 0.1) is 0 Å². The molecule has 148 valence electrons. The van der Waals surface area contributed by atoms with Crippen molar-refractivity contribution in [3.05, 3.63) is 0 Å². The lowest BCUT2D eigenvalue weighted by molar-refractivity contribution is -0.125. The highest BCUT2D eigenvalue weighted by molar-refractivity contribution is 6.31. The summed E-state index contributed by atoms with van der Waals surface area (Å²) < 4.78 is 0. The molecular weight excluding hydrogens is 352 g/mol. The summed E-state index contributed by atoms with van der Waals surface area (Å²) >= 11 is 6.37. The normalized spacial score (nSPS) is 42.5. The number of amides is 1. The summed E-state index contributed by atoms with van der Waals surface area (Å²) in [4.78, 5) is 16.9. The van der Waals surface area contributed by atoms with Gasteiger partial charge < -0.3 is 5.32 Å². The van der Waals surface area contributed by atoms with Gasteiger partial charge in [-0.15, -0.1) is 11.6 Å². The number of rotatable bonds is 4. The van der Waals surface area contributed by atoms with E-state index in [1.807, 2.05) is 0 Å². The predicted molar refractivity (Wildman–Crippen MR) is 103 cm³/mol. The monoisotopic (exact) mass is 384 g/mol. The molecule has 4 saturated heterocycles. The number of hydrogen-bond donors (Lipinski definition) is 4. The van der Waals surface area contributed by atoms with Gasteiger partial charge in [-0.25, -0.2) is 5.43 Å². The second-order valence-electron chi connectivity index (χ2n) is 8.30. The van der Waals surface area contributed by atoms with Gasteiger partial charge in [0.1, 0.15) is 5.38 Å². The Morgan fingerprint density at radius 3 is 2.96 bits per heavy atom. The molecule has 8 heteroatoms. The number of carbonyl (C=O) groups is 1. The van der Waals surface area contributed by atoms with Crippen LogP contribution >= 0.6 is 11.6 Å². The fourth-order valence-corrected chi connectivity index (χ4v) is 5.68. The quantitative estimate of drug-likeness (QED) is 0.498. The third kappa shape index (κ3) is 3.75. The van der Waals surface area contributed by atoms with Crippen LogP contribution in [0.2, 0.25) is 0 Å². The van der Waals surface area contributed by atoms with Crippen molar-refractivity contribution >= 4 is 17.5 Å². The largest absolute Gasteiger partial charge is 0.314 e. The van der Waals surface area contributed by atoms with Crippen LogP contribution in [0.25, 0.3) is 0 Å². The lowest BCUT2D eigenvalue weighted by Gasteiger charge is -2.44. The second-order valence-corrected chi connectivity index (χ2v) is 8.77. The first-order valence-corrected chi connectivity index (χ1v) is 10.7. The molecule has 6 unspecified atom stereocenters. The Labute approximate surface area is 161 Å². The van der Waals surface area contributed by atoms with Crippen molar-refractivity contribution < 1.29 is 4.79 Å². The molecule has 4 aliphatic heterocycles. The first kappa shape index (κ1) is 18.9. The van der Waals surface area contributed by atoms with Gasteiger partial charge in [-0.1, -0.05) is 6.92 Å². The summed E-state index contributed by atoms with van der Waals surface area (Å²) in [7, 11) is 0. The summed E-state index contributed by atoms with van der Waals surface area (Å²) in [5.74, 6) is 0.659. The smallest absolute Gasteiger partial charge is 0.253 e. The van der Waals surface area contributed by atoms with Crippen LogP contribution in [0, 0.1) is 5.92 Å². The molecule has 4 rings (SSSR count). The number of fused-ring (bicyclic) bond motifs is 1. The summed E-state index contributed by atoms with van der Waals surface area (Å²) in [6, 6.07) is 1.85. The van der Waals surface area contributed by atoms with Crippen LogP contribution in [0.15, 0.2) is 0 Å². The van der Waals surface area contributed by atoms with E-state index in [0.717, 1.165) is 32.1 Å². The minimum Gasteiger partial charge on any atom is -0.314 e. The van der Waals surface area contributed by atoms with Gasteiger partial charge >= 0.3 is 0 Å². The standard InChI is InChI=1S/C18H33ClN6O/c1-2-13-12(4-3-6-20-13)9-25-11-21-14-10-24(7-5-15(14)25)16-8-22-23-18(26)17(16)19/h12-17,20-22H,2-11H2,1H3,(H,23,26). The minimum absolute atomic E-state index is 0.0780. The fraction of sp³-hybridized carbons (Fsp3) is 0.944. The topological polar surface area (TPSA) is 71.7 Å². The molecular formula is C18H33ClN6O. The third-order valence-electron chi connectivity index (χ3n) is 6.85. The Kier molecular flexibility index (Phi) is 6.02. The van der Waals surface area contributed by atoms with E-state index in [1.165, 1.54) is 32.4 Å². The summed E-state index contributed by atoms with van der Waals surface area (Å²) in [6.07, 6.45) is 5.03. The Morgan fingerprint density at radius 1 is 1.23 bits per heavy atom. The molecule has 4 N–H and O–H groups in total.